The van der Waals surface area contributed by atoms with E-state index in [1.807, 2.05) is 0 Å². The van der Waals surface area contributed by atoms with Gasteiger partial charge in [-0.25, -0.2) is 0 Å². The van der Waals surface area contributed by atoms with Gasteiger partial charge in [-0.15, -0.1) is 0 Å². The van der Waals surface area contributed by atoms with Crippen molar-refractivity contribution in [3.8, 4) is 0 Å². The molecule has 0 aromatic rings. The van der Waals surface area contributed by atoms with E-state index in [1.54, 1.807) is 0 Å². The normalized spacial score (nSPS) is 43.3. The van der Waals surface area contributed by atoms with Crippen LogP contribution < -0.4 is 5.32 Å². The molecule has 0 bridgehead atoms. The average Bonchev–Trinajstić information content (AvgIpc) is 2.55. The number of nitrogens with one attached hydrogen (secondary N) is 1. The summed E-state index contributed by atoms with van der Waals surface area (Å²) >= 11 is 0. The lowest BCUT2D eigenvalue weighted by atomic mass is 10.0. The molecule has 0 spiro atoms. The molecule has 0 saturated carbocycles. The molecule has 2 saturated heterocycles. The van der Waals surface area contributed by atoms with Gasteiger partial charge < -0.3 is 5.32 Å². The van der Waals surface area contributed by atoms with Gasteiger partial charge in [-0.1, -0.05) is 6.92 Å². The van der Waals surface area contributed by atoms with Crippen molar-refractivity contribution in [2.75, 3.05) is 13.1 Å². The van der Waals surface area contributed by atoms with Crippen molar-refractivity contribution in [1.29, 1.82) is 0 Å². The Hall–Kier alpha value is -0.0800. The molecule has 2 heteroatoms. The van der Waals surface area contributed by atoms with Crippen molar-refractivity contribution in [1.82, 2.24) is 10.2 Å². The van der Waals surface area contributed by atoms with Gasteiger partial charge in [0.05, 0.1) is 0 Å². The molecule has 0 aromatic heterocycles. The van der Waals surface area contributed by atoms with Crippen LogP contribution in [0, 0.1) is 5.92 Å². The van der Waals surface area contributed by atoms with E-state index >= 15 is 0 Å². The fourth-order valence-electron chi connectivity index (χ4n) is 3.20. The summed E-state index contributed by atoms with van der Waals surface area (Å²) in [4.78, 5) is 2.71. The van der Waals surface area contributed by atoms with Crippen LogP contribution in [0.15, 0.2) is 0 Å². The third-order valence-corrected chi connectivity index (χ3v) is 3.86. The van der Waals surface area contributed by atoms with Gasteiger partial charge in [0, 0.05) is 30.7 Å². The largest absolute Gasteiger partial charge is 0.310 e. The molecule has 2 fully saturated rings. The van der Waals surface area contributed by atoms with E-state index in [9.17, 15) is 0 Å². The van der Waals surface area contributed by atoms with Crippen LogP contribution in [0.25, 0.3) is 0 Å². The summed E-state index contributed by atoms with van der Waals surface area (Å²) in [5.41, 5.74) is 0.357. The van der Waals surface area contributed by atoms with Crippen molar-refractivity contribution in [2.24, 2.45) is 5.92 Å². The van der Waals surface area contributed by atoms with Gasteiger partial charge in [0.2, 0.25) is 0 Å². The van der Waals surface area contributed by atoms with E-state index in [0.29, 0.717) is 5.54 Å². The zero-order chi connectivity index (χ0) is 10.3. The number of likely N-dealkylation sites (tertiary alicyclic amines) is 1. The molecule has 1 N–H and O–H groups in total. The molecular formula is C12H24N2. The van der Waals surface area contributed by atoms with Gasteiger partial charge in [0.1, 0.15) is 0 Å². The average molecular weight is 196 g/mol. The molecule has 3 atom stereocenters. The van der Waals surface area contributed by atoms with Crippen molar-refractivity contribution in [3.63, 3.8) is 0 Å². The van der Waals surface area contributed by atoms with Gasteiger partial charge in [0.25, 0.3) is 0 Å². The van der Waals surface area contributed by atoms with E-state index in [1.165, 1.54) is 25.9 Å². The fraction of sp³-hybridized carbons (Fsp3) is 1.00. The van der Waals surface area contributed by atoms with Crippen LogP contribution in [0.3, 0.4) is 0 Å². The first kappa shape index (κ1) is 10.4. The highest BCUT2D eigenvalue weighted by Crippen LogP contribution is 2.30. The monoisotopic (exact) mass is 196 g/mol. The minimum Gasteiger partial charge on any atom is -0.310 e. The highest BCUT2D eigenvalue weighted by Gasteiger charge is 2.38. The second-order valence-electron chi connectivity index (χ2n) is 6.01. The zero-order valence-electron chi connectivity index (χ0n) is 10.0. The van der Waals surface area contributed by atoms with E-state index in [-0.39, 0.29) is 0 Å². The molecule has 2 aliphatic heterocycles. The second kappa shape index (κ2) is 3.49. The summed E-state index contributed by atoms with van der Waals surface area (Å²) in [5.74, 6) is 0.897. The summed E-state index contributed by atoms with van der Waals surface area (Å²) in [6.07, 6.45) is 2.70. The van der Waals surface area contributed by atoms with Crippen LogP contribution in [0.5, 0.6) is 0 Å². The van der Waals surface area contributed by atoms with Crippen molar-refractivity contribution < 1.29 is 0 Å². The molecule has 82 valence electrons. The summed E-state index contributed by atoms with van der Waals surface area (Å²) in [6, 6.07) is 1.58. The van der Waals surface area contributed by atoms with Gasteiger partial charge in [-0.2, -0.15) is 0 Å². The van der Waals surface area contributed by atoms with Crippen LogP contribution in [-0.2, 0) is 0 Å². The SMILES string of the molecule is CC1CC(C)N(C2CNC(C)(C)C2)C1. The van der Waals surface area contributed by atoms with Crippen molar-refractivity contribution >= 4 is 0 Å². The smallest absolute Gasteiger partial charge is 0.0241 e. The maximum Gasteiger partial charge on any atom is 0.0241 e. The first-order valence-corrected chi connectivity index (χ1v) is 5.99. The lowest BCUT2D eigenvalue weighted by Gasteiger charge is -2.28. The quantitative estimate of drug-likeness (QED) is 0.688. The Bertz CT molecular complexity index is 212. The Kier molecular flexibility index (Phi) is 2.61. The van der Waals surface area contributed by atoms with Crippen molar-refractivity contribution in [3.05, 3.63) is 0 Å². The molecule has 0 aromatic carbocycles. The molecule has 0 aliphatic carbocycles. The molecule has 2 heterocycles. The molecule has 0 amide bonds. The molecule has 14 heavy (non-hydrogen) atoms. The number of hydrogen-bond donors (Lipinski definition) is 1. The number of nitrogens with zero attached hydrogens (tertiary/aromatic N) is 1. The highest BCUT2D eigenvalue weighted by molar-refractivity contribution is 4.97. The maximum absolute atomic E-state index is 3.62. The molecule has 3 unspecified atom stereocenters. The van der Waals surface area contributed by atoms with Crippen LogP contribution in [-0.4, -0.2) is 35.6 Å². The third kappa shape index (κ3) is 1.96. The number of hydrogen-bond acceptors (Lipinski definition) is 2. The fourth-order valence-corrected chi connectivity index (χ4v) is 3.20. The maximum atomic E-state index is 3.62. The predicted octanol–water partition coefficient (Wildman–Crippen LogP) is 1.86. The standard InChI is InChI=1S/C12H24N2/c1-9-5-10(2)14(8-9)11-6-12(3,4)13-7-11/h9-11,13H,5-8H2,1-4H3. The van der Waals surface area contributed by atoms with Gasteiger partial charge in [-0.3, -0.25) is 4.90 Å². The summed E-state index contributed by atoms with van der Waals surface area (Å²) in [7, 11) is 0. The Morgan fingerprint density at radius 2 is 2.00 bits per heavy atom. The topological polar surface area (TPSA) is 15.3 Å². The first-order chi connectivity index (χ1) is 6.48. The lowest BCUT2D eigenvalue weighted by molar-refractivity contribution is 0.193. The van der Waals surface area contributed by atoms with Crippen LogP contribution in [0.1, 0.15) is 40.5 Å². The Morgan fingerprint density at radius 3 is 2.43 bits per heavy atom. The summed E-state index contributed by atoms with van der Waals surface area (Å²) in [5, 5.41) is 3.62. The van der Waals surface area contributed by atoms with Crippen LogP contribution in [0.2, 0.25) is 0 Å². The molecular weight excluding hydrogens is 172 g/mol. The third-order valence-electron chi connectivity index (χ3n) is 3.86. The minimum absolute atomic E-state index is 0.357. The van der Waals surface area contributed by atoms with E-state index < -0.39 is 0 Å². The highest BCUT2D eigenvalue weighted by atomic mass is 15.2. The Labute approximate surface area is 88.1 Å². The first-order valence-electron chi connectivity index (χ1n) is 5.99. The molecule has 2 nitrogen and oxygen atoms in total. The minimum atomic E-state index is 0.357. The summed E-state index contributed by atoms with van der Waals surface area (Å²) < 4.78 is 0. The van der Waals surface area contributed by atoms with E-state index in [0.717, 1.165) is 18.0 Å². The predicted molar refractivity (Wildman–Crippen MR) is 60.4 cm³/mol. The number of rotatable bonds is 1. The van der Waals surface area contributed by atoms with E-state index in [4.69, 9.17) is 0 Å². The second-order valence-corrected chi connectivity index (χ2v) is 6.01. The zero-order valence-corrected chi connectivity index (χ0v) is 10.0. The molecule has 2 aliphatic rings. The van der Waals surface area contributed by atoms with Crippen LogP contribution >= 0.6 is 0 Å². The molecule has 0 radical (unpaired) electrons. The van der Waals surface area contributed by atoms with Crippen LogP contribution in [0.4, 0.5) is 0 Å². The lowest BCUT2D eigenvalue weighted by Crippen LogP contribution is -2.39. The van der Waals surface area contributed by atoms with Gasteiger partial charge >= 0.3 is 0 Å². The van der Waals surface area contributed by atoms with Gasteiger partial charge in [-0.05, 0) is 39.5 Å². The molecule has 2 rings (SSSR count). The van der Waals surface area contributed by atoms with Gasteiger partial charge in [0.15, 0.2) is 0 Å². The van der Waals surface area contributed by atoms with Crippen molar-refractivity contribution in [2.45, 2.75) is 58.2 Å². The van der Waals surface area contributed by atoms with E-state index in [2.05, 4.69) is 37.9 Å². The summed E-state index contributed by atoms with van der Waals surface area (Å²) in [6.45, 7) is 11.9. The Balaban J connectivity index is 1.97. The Morgan fingerprint density at radius 1 is 1.29 bits per heavy atom.